The molecule has 0 aliphatic rings. The molecule has 0 saturated heterocycles. The number of anilines is 1. The van der Waals surface area contributed by atoms with Gasteiger partial charge in [-0.3, -0.25) is 4.79 Å². The van der Waals surface area contributed by atoms with Crippen LogP contribution in [0.4, 0.5) is 14.5 Å². The van der Waals surface area contributed by atoms with Crippen molar-refractivity contribution in [3.63, 3.8) is 0 Å². The third kappa shape index (κ3) is 4.27. The number of hydrogen-bond acceptors (Lipinski definition) is 5. The van der Waals surface area contributed by atoms with E-state index in [0.29, 0.717) is 0 Å². The van der Waals surface area contributed by atoms with Crippen molar-refractivity contribution in [1.29, 1.82) is 0 Å². The van der Waals surface area contributed by atoms with E-state index in [9.17, 15) is 18.4 Å². The molecule has 0 saturated carbocycles. The van der Waals surface area contributed by atoms with Gasteiger partial charge in [0.2, 0.25) is 0 Å². The Balaban J connectivity index is 2.14. The molecule has 1 unspecified atom stereocenters. The first-order chi connectivity index (χ1) is 12.4. The molecule has 0 aliphatic carbocycles. The Hall–Kier alpha value is -3.16. The van der Waals surface area contributed by atoms with Crippen molar-refractivity contribution in [1.82, 2.24) is 0 Å². The van der Waals surface area contributed by atoms with Gasteiger partial charge in [-0.1, -0.05) is 6.07 Å². The fourth-order valence-electron chi connectivity index (χ4n) is 2.15. The number of amides is 1. The van der Waals surface area contributed by atoms with Crippen molar-refractivity contribution in [3.8, 4) is 11.5 Å². The second-order valence-electron chi connectivity index (χ2n) is 5.20. The topological polar surface area (TPSA) is 73.9 Å². The quantitative estimate of drug-likeness (QED) is 0.796. The van der Waals surface area contributed by atoms with Crippen LogP contribution in [0.5, 0.6) is 11.5 Å². The Morgan fingerprint density at radius 1 is 1.04 bits per heavy atom. The van der Waals surface area contributed by atoms with E-state index in [1.807, 2.05) is 0 Å². The Morgan fingerprint density at radius 2 is 1.65 bits per heavy atom. The molecule has 6 nitrogen and oxygen atoms in total. The van der Waals surface area contributed by atoms with Crippen LogP contribution in [0.15, 0.2) is 36.4 Å². The highest BCUT2D eigenvalue weighted by atomic mass is 19.1. The van der Waals surface area contributed by atoms with Crippen LogP contribution in [-0.4, -0.2) is 32.2 Å². The monoisotopic (exact) mass is 365 g/mol. The first-order valence-electron chi connectivity index (χ1n) is 7.55. The van der Waals surface area contributed by atoms with Crippen molar-refractivity contribution in [2.45, 2.75) is 13.0 Å². The first-order valence-corrected chi connectivity index (χ1v) is 7.55. The molecule has 0 spiro atoms. The van der Waals surface area contributed by atoms with Gasteiger partial charge in [0.05, 0.1) is 19.9 Å². The molecule has 2 aromatic carbocycles. The summed E-state index contributed by atoms with van der Waals surface area (Å²) < 4.78 is 42.1. The van der Waals surface area contributed by atoms with Crippen LogP contribution in [-0.2, 0) is 9.53 Å². The molecular formula is C18H17F2NO5. The molecule has 138 valence electrons. The van der Waals surface area contributed by atoms with Gasteiger partial charge >= 0.3 is 5.97 Å². The number of benzene rings is 2. The van der Waals surface area contributed by atoms with Crippen molar-refractivity contribution >= 4 is 17.6 Å². The number of nitrogens with one attached hydrogen (secondary N) is 1. The minimum atomic E-state index is -1.28. The van der Waals surface area contributed by atoms with E-state index in [0.717, 1.165) is 18.2 Å². The van der Waals surface area contributed by atoms with E-state index < -0.39 is 29.6 Å². The SMILES string of the molecule is COc1cccc(OC)c1C(=O)OC(C)C(=O)Nc1cc(F)ccc1F. The van der Waals surface area contributed by atoms with E-state index >= 15 is 0 Å². The number of carbonyl (C=O) groups is 2. The van der Waals surface area contributed by atoms with Gasteiger partial charge in [-0.05, 0) is 31.2 Å². The van der Waals surface area contributed by atoms with Gasteiger partial charge in [0, 0.05) is 6.07 Å². The maximum absolute atomic E-state index is 13.6. The van der Waals surface area contributed by atoms with Gasteiger partial charge in [0.1, 0.15) is 28.7 Å². The molecule has 2 aromatic rings. The molecule has 1 N–H and O–H groups in total. The van der Waals surface area contributed by atoms with Crippen molar-refractivity contribution in [2.24, 2.45) is 0 Å². The average Bonchev–Trinajstić information content (AvgIpc) is 2.63. The van der Waals surface area contributed by atoms with Crippen molar-refractivity contribution in [2.75, 3.05) is 19.5 Å². The molecule has 26 heavy (non-hydrogen) atoms. The van der Waals surface area contributed by atoms with Gasteiger partial charge in [0.25, 0.3) is 5.91 Å². The zero-order chi connectivity index (χ0) is 19.3. The number of halogens is 2. The zero-order valence-corrected chi connectivity index (χ0v) is 14.3. The average molecular weight is 365 g/mol. The number of esters is 1. The Bertz CT molecular complexity index is 803. The summed E-state index contributed by atoms with van der Waals surface area (Å²) in [5.74, 6) is -2.80. The molecule has 8 heteroatoms. The predicted molar refractivity (Wildman–Crippen MR) is 89.4 cm³/mol. The van der Waals surface area contributed by atoms with Crippen molar-refractivity contribution < 1.29 is 32.6 Å². The van der Waals surface area contributed by atoms with Crippen LogP contribution in [0.25, 0.3) is 0 Å². The lowest BCUT2D eigenvalue weighted by Crippen LogP contribution is -2.30. The number of carbonyl (C=O) groups excluding carboxylic acids is 2. The molecule has 0 aromatic heterocycles. The van der Waals surface area contributed by atoms with Crippen LogP contribution >= 0.6 is 0 Å². The fraction of sp³-hybridized carbons (Fsp3) is 0.222. The third-order valence-corrected chi connectivity index (χ3v) is 3.47. The Kier molecular flexibility index (Phi) is 6.11. The minimum Gasteiger partial charge on any atom is -0.496 e. The van der Waals surface area contributed by atoms with E-state index in [2.05, 4.69) is 5.32 Å². The second kappa shape index (κ2) is 8.28. The lowest BCUT2D eigenvalue weighted by molar-refractivity contribution is -0.123. The third-order valence-electron chi connectivity index (χ3n) is 3.47. The highest BCUT2D eigenvalue weighted by molar-refractivity contribution is 5.99. The highest BCUT2D eigenvalue weighted by Crippen LogP contribution is 2.29. The van der Waals surface area contributed by atoms with Gasteiger partial charge < -0.3 is 19.5 Å². The maximum Gasteiger partial charge on any atom is 0.346 e. The van der Waals surface area contributed by atoms with E-state index in [1.54, 1.807) is 6.07 Å². The van der Waals surface area contributed by atoms with Crippen LogP contribution in [0.2, 0.25) is 0 Å². The van der Waals surface area contributed by atoms with E-state index in [4.69, 9.17) is 14.2 Å². The molecule has 0 radical (unpaired) electrons. The standard InChI is InChI=1S/C18H17F2NO5/c1-10(17(22)21-13-9-11(19)7-8-12(13)20)26-18(23)16-14(24-2)5-4-6-15(16)25-3/h4-10H,1-3H3,(H,21,22). The smallest absolute Gasteiger partial charge is 0.346 e. The second-order valence-corrected chi connectivity index (χ2v) is 5.20. The Labute approximate surface area is 148 Å². The molecule has 0 heterocycles. The first kappa shape index (κ1) is 19.2. The summed E-state index contributed by atoms with van der Waals surface area (Å²) in [7, 11) is 2.74. The molecule has 1 amide bonds. The largest absolute Gasteiger partial charge is 0.496 e. The maximum atomic E-state index is 13.6. The van der Waals surface area contributed by atoms with E-state index in [1.165, 1.54) is 33.3 Å². The summed E-state index contributed by atoms with van der Waals surface area (Å²) in [6.45, 7) is 1.30. The summed E-state index contributed by atoms with van der Waals surface area (Å²) in [6, 6.07) is 7.31. The zero-order valence-electron chi connectivity index (χ0n) is 14.3. The van der Waals surface area contributed by atoms with Gasteiger partial charge in [-0.15, -0.1) is 0 Å². The number of rotatable bonds is 6. The normalized spacial score (nSPS) is 11.4. The molecular weight excluding hydrogens is 348 g/mol. The molecule has 1 atom stereocenters. The molecule has 0 aliphatic heterocycles. The fourth-order valence-corrected chi connectivity index (χ4v) is 2.15. The molecule has 2 rings (SSSR count). The summed E-state index contributed by atoms with van der Waals surface area (Å²) in [5.41, 5.74) is -0.346. The predicted octanol–water partition coefficient (Wildman–Crippen LogP) is 3.17. The number of ether oxygens (including phenoxy) is 3. The highest BCUT2D eigenvalue weighted by Gasteiger charge is 2.25. The minimum absolute atomic E-state index is 0.00841. The lowest BCUT2D eigenvalue weighted by Gasteiger charge is -2.16. The van der Waals surface area contributed by atoms with Gasteiger partial charge in [0.15, 0.2) is 6.10 Å². The van der Waals surface area contributed by atoms with E-state index in [-0.39, 0.29) is 22.7 Å². The van der Waals surface area contributed by atoms with Crippen LogP contribution in [0, 0.1) is 11.6 Å². The van der Waals surface area contributed by atoms with Crippen molar-refractivity contribution in [3.05, 3.63) is 53.6 Å². The lowest BCUT2D eigenvalue weighted by atomic mass is 10.1. The summed E-state index contributed by atoms with van der Waals surface area (Å²) >= 11 is 0. The van der Waals surface area contributed by atoms with Crippen LogP contribution in [0.3, 0.4) is 0 Å². The summed E-state index contributed by atoms with van der Waals surface area (Å²) in [4.78, 5) is 24.5. The van der Waals surface area contributed by atoms with Gasteiger partial charge in [-0.25, -0.2) is 13.6 Å². The van der Waals surface area contributed by atoms with Crippen LogP contribution < -0.4 is 14.8 Å². The summed E-state index contributed by atoms with van der Waals surface area (Å²) in [5, 5.41) is 2.17. The molecule has 0 fully saturated rings. The van der Waals surface area contributed by atoms with Crippen LogP contribution in [0.1, 0.15) is 17.3 Å². The number of hydrogen-bond donors (Lipinski definition) is 1. The molecule has 0 bridgehead atoms. The van der Waals surface area contributed by atoms with Gasteiger partial charge in [-0.2, -0.15) is 0 Å². The number of methoxy groups -OCH3 is 2. The summed E-state index contributed by atoms with van der Waals surface area (Å²) in [6.07, 6.45) is -1.28. The Morgan fingerprint density at radius 3 is 2.23 bits per heavy atom.